The number of ether oxygens (including phenoxy) is 2. The molecule has 1 unspecified atom stereocenters. The van der Waals surface area contributed by atoms with Gasteiger partial charge in [-0.15, -0.1) is 0 Å². The Hall–Kier alpha value is -4.74. The zero-order chi connectivity index (χ0) is 25.5. The van der Waals surface area contributed by atoms with Crippen molar-refractivity contribution in [3.63, 3.8) is 0 Å². The lowest BCUT2D eigenvalue weighted by atomic mass is 10.0. The number of rotatable bonds is 8. The Balaban J connectivity index is 1.91. The fraction of sp³-hybridized carbons (Fsp3) is 0.130. The van der Waals surface area contributed by atoms with Crippen molar-refractivity contribution in [3.8, 4) is 11.5 Å². The molecule has 1 aromatic heterocycles. The Morgan fingerprint density at radius 2 is 1.66 bits per heavy atom. The number of amides is 2. The number of carbonyl (C=O) groups is 2. The molecule has 0 aliphatic rings. The van der Waals surface area contributed by atoms with Gasteiger partial charge in [-0.05, 0) is 36.4 Å². The van der Waals surface area contributed by atoms with Gasteiger partial charge in [-0.3, -0.25) is 30.8 Å². The summed E-state index contributed by atoms with van der Waals surface area (Å²) in [6.45, 7) is 0. The van der Waals surface area contributed by atoms with Crippen LogP contribution in [0.2, 0.25) is 0 Å². The van der Waals surface area contributed by atoms with Gasteiger partial charge in [-0.2, -0.15) is 0 Å². The van der Waals surface area contributed by atoms with E-state index < -0.39 is 29.5 Å². The molecule has 0 radical (unpaired) electrons. The van der Waals surface area contributed by atoms with Gasteiger partial charge < -0.3 is 20.5 Å². The van der Waals surface area contributed by atoms with Gasteiger partial charge in [0, 0.05) is 29.1 Å². The summed E-state index contributed by atoms with van der Waals surface area (Å²) in [6.07, 6.45) is 2.07. The van der Waals surface area contributed by atoms with Crippen LogP contribution in [-0.2, 0) is 4.79 Å². The summed E-state index contributed by atoms with van der Waals surface area (Å²) in [4.78, 5) is 28.9. The van der Waals surface area contributed by atoms with Crippen LogP contribution in [0.5, 0.6) is 11.5 Å². The molecule has 182 valence electrons. The highest BCUT2D eigenvalue weighted by molar-refractivity contribution is 5.97. The topological polar surface area (TPSA) is 151 Å². The van der Waals surface area contributed by atoms with Gasteiger partial charge in [0.2, 0.25) is 0 Å². The Bertz CT molecular complexity index is 1250. The van der Waals surface area contributed by atoms with Crippen LogP contribution < -0.4 is 31.4 Å². The van der Waals surface area contributed by atoms with E-state index in [-0.39, 0.29) is 28.5 Å². The number of nitrogens with one attached hydrogen (secondary N) is 4. The first-order chi connectivity index (χ1) is 16.7. The first-order valence-electron chi connectivity index (χ1n) is 10.1. The number of nitrogens with zero attached hydrogens (tertiary/aromatic N) is 1. The number of hydrazine groups is 1. The number of nitrogen functional groups attached to an aromatic ring is 1. The summed E-state index contributed by atoms with van der Waals surface area (Å²) in [5.74, 6) is -3.35. The molecule has 3 rings (SSSR count). The molecule has 0 saturated heterocycles. The summed E-state index contributed by atoms with van der Waals surface area (Å²) < 4.78 is 39.1. The zero-order valence-corrected chi connectivity index (χ0v) is 18.7. The van der Waals surface area contributed by atoms with Crippen molar-refractivity contribution in [1.29, 1.82) is 5.41 Å². The number of aromatic nitrogens is 1. The first kappa shape index (κ1) is 24.9. The minimum atomic E-state index is -1.37. The van der Waals surface area contributed by atoms with Crippen LogP contribution in [0, 0.1) is 17.0 Å². The summed E-state index contributed by atoms with van der Waals surface area (Å²) in [5, 5.41) is 10.4. The summed E-state index contributed by atoms with van der Waals surface area (Å²) in [6, 6.07) is 8.26. The van der Waals surface area contributed by atoms with E-state index in [1.54, 1.807) is 24.3 Å². The number of anilines is 1. The second-order valence-corrected chi connectivity index (χ2v) is 7.10. The van der Waals surface area contributed by atoms with Crippen LogP contribution in [0.3, 0.4) is 0 Å². The van der Waals surface area contributed by atoms with Crippen molar-refractivity contribution in [2.24, 2.45) is 5.73 Å². The number of amidine groups is 1. The fourth-order valence-electron chi connectivity index (χ4n) is 3.11. The predicted molar refractivity (Wildman–Crippen MR) is 123 cm³/mol. The van der Waals surface area contributed by atoms with Crippen LogP contribution in [0.4, 0.5) is 14.5 Å². The van der Waals surface area contributed by atoms with Crippen LogP contribution in [0.25, 0.3) is 0 Å². The Labute approximate surface area is 198 Å². The zero-order valence-electron chi connectivity index (χ0n) is 18.7. The highest BCUT2D eigenvalue weighted by Crippen LogP contribution is 2.33. The number of carbonyl (C=O) groups excluding carboxylic acids is 2. The third-order valence-corrected chi connectivity index (χ3v) is 4.90. The molecule has 1 heterocycles. The molecule has 0 aliphatic carbocycles. The Morgan fingerprint density at radius 3 is 2.26 bits per heavy atom. The number of benzene rings is 2. The largest absolute Gasteiger partial charge is 0.493 e. The third-order valence-electron chi connectivity index (χ3n) is 4.90. The molecule has 3 aromatic rings. The normalized spacial score (nSPS) is 11.2. The number of nitrogens with two attached hydrogens (primary N) is 1. The van der Waals surface area contributed by atoms with Crippen molar-refractivity contribution in [2.45, 2.75) is 6.04 Å². The fourth-order valence-corrected chi connectivity index (χ4v) is 3.11. The standard InChI is InChI=1S/C23H22F2N6O4/c1-34-18-9-15(16(24)10-19(18)35-2)20(29-13-5-3-12(4-6-13)21(26)27)23(33)31-30-22(32)14-7-8-28-11-17(14)25/h3-11,20,29H,1-2H3,(H3,26,27)(H,30,32)(H,31,33). The number of hydrogen-bond acceptors (Lipinski definition) is 7. The average Bonchev–Trinajstić information content (AvgIpc) is 2.86. The van der Waals surface area contributed by atoms with Crippen LogP contribution in [-0.4, -0.2) is 36.9 Å². The van der Waals surface area contributed by atoms with E-state index in [0.717, 1.165) is 18.3 Å². The maximum Gasteiger partial charge on any atom is 0.272 e. The van der Waals surface area contributed by atoms with Crippen LogP contribution in [0.1, 0.15) is 27.5 Å². The molecule has 0 fully saturated rings. The lowest BCUT2D eigenvalue weighted by Crippen LogP contribution is -2.45. The molecule has 35 heavy (non-hydrogen) atoms. The molecule has 12 heteroatoms. The molecule has 6 N–H and O–H groups in total. The second kappa shape index (κ2) is 10.9. The van der Waals surface area contributed by atoms with E-state index in [2.05, 4.69) is 21.2 Å². The van der Waals surface area contributed by atoms with E-state index in [0.29, 0.717) is 11.3 Å². The first-order valence-corrected chi connectivity index (χ1v) is 10.1. The van der Waals surface area contributed by atoms with Crippen LogP contribution in [0.15, 0.2) is 54.9 Å². The molecule has 0 saturated carbocycles. The molecule has 0 spiro atoms. The predicted octanol–water partition coefficient (Wildman–Crippen LogP) is 2.28. The molecule has 0 bridgehead atoms. The van der Waals surface area contributed by atoms with Gasteiger partial charge >= 0.3 is 0 Å². The Kier molecular flexibility index (Phi) is 7.77. The monoisotopic (exact) mass is 484 g/mol. The van der Waals surface area contributed by atoms with Crippen molar-refractivity contribution in [2.75, 3.05) is 19.5 Å². The van der Waals surface area contributed by atoms with Crippen molar-refractivity contribution < 1.29 is 27.8 Å². The van der Waals surface area contributed by atoms with E-state index >= 15 is 4.39 Å². The van der Waals surface area contributed by atoms with Gasteiger partial charge in [-0.25, -0.2) is 8.78 Å². The quantitative estimate of drug-likeness (QED) is 0.187. The van der Waals surface area contributed by atoms with Gasteiger partial charge in [0.15, 0.2) is 17.3 Å². The van der Waals surface area contributed by atoms with E-state index in [4.69, 9.17) is 20.6 Å². The molecule has 1 atom stereocenters. The van der Waals surface area contributed by atoms with Gasteiger partial charge in [0.25, 0.3) is 11.8 Å². The van der Waals surface area contributed by atoms with E-state index in [1.807, 2.05) is 0 Å². The number of methoxy groups -OCH3 is 2. The SMILES string of the molecule is COc1cc(F)c(C(Nc2ccc(C(=N)N)cc2)C(=O)NNC(=O)c2ccncc2F)cc1OC. The van der Waals surface area contributed by atoms with Crippen molar-refractivity contribution >= 4 is 23.3 Å². The summed E-state index contributed by atoms with van der Waals surface area (Å²) in [5.41, 5.74) is 10.1. The molecule has 0 aliphatic heterocycles. The second-order valence-electron chi connectivity index (χ2n) is 7.10. The molecular weight excluding hydrogens is 462 g/mol. The maximum absolute atomic E-state index is 15.0. The lowest BCUT2D eigenvalue weighted by Gasteiger charge is -2.22. The van der Waals surface area contributed by atoms with E-state index in [1.165, 1.54) is 26.5 Å². The highest BCUT2D eigenvalue weighted by atomic mass is 19.1. The minimum absolute atomic E-state index is 0.111. The highest BCUT2D eigenvalue weighted by Gasteiger charge is 2.27. The smallest absolute Gasteiger partial charge is 0.272 e. The lowest BCUT2D eigenvalue weighted by molar-refractivity contribution is -0.122. The number of hydrogen-bond donors (Lipinski definition) is 5. The van der Waals surface area contributed by atoms with Crippen molar-refractivity contribution in [1.82, 2.24) is 15.8 Å². The summed E-state index contributed by atoms with van der Waals surface area (Å²) >= 11 is 0. The van der Waals surface area contributed by atoms with E-state index in [9.17, 15) is 14.0 Å². The molecule has 2 amide bonds. The minimum Gasteiger partial charge on any atom is -0.493 e. The Morgan fingerprint density at radius 1 is 1.00 bits per heavy atom. The van der Waals surface area contributed by atoms with Crippen LogP contribution >= 0.6 is 0 Å². The van der Waals surface area contributed by atoms with Gasteiger partial charge in [0.1, 0.15) is 17.7 Å². The molecular formula is C23H22F2N6O4. The average molecular weight is 484 g/mol. The summed E-state index contributed by atoms with van der Waals surface area (Å²) in [7, 11) is 2.69. The molecule has 10 nitrogen and oxygen atoms in total. The number of halogens is 2. The number of pyridine rings is 1. The molecule has 2 aromatic carbocycles. The van der Waals surface area contributed by atoms with Crippen molar-refractivity contribution in [3.05, 3.63) is 83.2 Å². The van der Waals surface area contributed by atoms with Gasteiger partial charge in [0.05, 0.1) is 26.0 Å². The third kappa shape index (κ3) is 5.79. The van der Waals surface area contributed by atoms with Gasteiger partial charge in [-0.1, -0.05) is 0 Å². The maximum atomic E-state index is 15.0.